The number of carbonyl (C=O) groups excluding carboxylic acids is 2. The van der Waals surface area contributed by atoms with E-state index in [9.17, 15) is 14.7 Å². The Kier molecular flexibility index (Phi) is 6.90. The molecule has 1 aliphatic heterocycles. The van der Waals surface area contributed by atoms with Crippen molar-refractivity contribution in [2.45, 2.75) is 13.0 Å². The first-order chi connectivity index (χ1) is 13.4. The van der Waals surface area contributed by atoms with Gasteiger partial charge in [0.1, 0.15) is 6.61 Å². The van der Waals surface area contributed by atoms with E-state index < -0.39 is 6.10 Å². The van der Waals surface area contributed by atoms with E-state index >= 15 is 0 Å². The molecular formula is C19H22ClN3O4S. The number of hydrogen-bond donors (Lipinski definition) is 3. The number of benzene rings is 1. The second kappa shape index (κ2) is 9.38. The fourth-order valence-corrected chi connectivity index (χ4v) is 3.84. The number of thiophene rings is 1. The summed E-state index contributed by atoms with van der Waals surface area (Å²) in [5.41, 5.74) is 2.65. The topological polar surface area (TPSA) is 90.9 Å². The molecule has 1 atom stereocenters. The molecule has 0 saturated carbocycles. The van der Waals surface area contributed by atoms with E-state index in [1.165, 1.54) is 11.3 Å². The maximum atomic E-state index is 12.0. The van der Waals surface area contributed by atoms with Gasteiger partial charge in [0, 0.05) is 31.0 Å². The first-order valence-electron chi connectivity index (χ1n) is 8.88. The van der Waals surface area contributed by atoms with Crippen molar-refractivity contribution in [2.75, 3.05) is 43.1 Å². The van der Waals surface area contributed by atoms with E-state index in [0.717, 1.165) is 16.9 Å². The van der Waals surface area contributed by atoms with E-state index in [2.05, 4.69) is 10.6 Å². The second-order valence-electron chi connectivity index (χ2n) is 6.45. The molecule has 1 saturated heterocycles. The number of halogens is 1. The number of hydrogen-bond acceptors (Lipinski definition) is 6. The molecule has 7 nitrogen and oxygen atoms in total. The van der Waals surface area contributed by atoms with Gasteiger partial charge in [0.2, 0.25) is 0 Å². The standard InChI is InChI=1S/C19H22ClN3O4S/c1-12-8-13(2-3-15(12)23-6-7-27-11-18(23)25)21-9-14(24)10-22-19(26)16-4-5-17(20)28-16/h2-5,8,14,21,24H,6-7,9-11H2,1H3,(H,22,26)/t14-/m0/s1. The first kappa shape index (κ1) is 20.6. The third-order valence-corrected chi connectivity index (χ3v) is 5.54. The van der Waals surface area contributed by atoms with E-state index in [-0.39, 0.29) is 31.5 Å². The van der Waals surface area contributed by atoms with Crippen molar-refractivity contribution in [1.29, 1.82) is 0 Å². The van der Waals surface area contributed by atoms with Gasteiger partial charge in [-0.3, -0.25) is 9.59 Å². The summed E-state index contributed by atoms with van der Waals surface area (Å²) in [7, 11) is 0. The van der Waals surface area contributed by atoms with E-state index in [4.69, 9.17) is 16.3 Å². The van der Waals surface area contributed by atoms with Crippen LogP contribution in [0.3, 0.4) is 0 Å². The first-order valence-corrected chi connectivity index (χ1v) is 10.1. The van der Waals surface area contributed by atoms with Crippen LogP contribution in [0, 0.1) is 6.92 Å². The van der Waals surface area contributed by atoms with Crippen LogP contribution in [0.15, 0.2) is 30.3 Å². The van der Waals surface area contributed by atoms with Crippen molar-refractivity contribution >= 4 is 46.1 Å². The molecule has 0 spiro atoms. The van der Waals surface area contributed by atoms with Gasteiger partial charge >= 0.3 is 0 Å². The largest absolute Gasteiger partial charge is 0.389 e. The monoisotopic (exact) mass is 423 g/mol. The summed E-state index contributed by atoms with van der Waals surface area (Å²) in [4.78, 5) is 26.2. The lowest BCUT2D eigenvalue weighted by Crippen LogP contribution is -2.42. The van der Waals surface area contributed by atoms with Gasteiger partial charge < -0.3 is 25.4 Å². The van der Waals surface area contributed by atoms with Gasteiger partial charge in [0.25, 0.3) is 11.8 Å². The van der Waals surface area contributed by atoms with Crippen molar-refractivity contribution < 1.29 is 19.4 Å². The highest BCUT2D eigenvalue weighted by Gasteiger charge is 2.21. The smallest absolute Gasteiger partial charge is 0.261 e. The number of aliphatic hydroxyl groups is 1. The molecule has 0 unspecified atom stereocenters. The van der Waals surface area contributed by atoms with Crippen LogP contribution >= 0.6 is 22.9 Å². The molecule has 2 heterocycles. The third-order valence-electron chi connectivity index (χ3n) is 4.31. The molecule has 28 heavy (non-hydrogen) atoms. The fraction of sp³-hybridized carbons (Fsp3) is 0.368. The molecule has 9 heteroatoms. The van der Waals surface area contributed by atoms with Crippen molar-refractivity contribution in [1.82, 2.24) is 5.32 Å². The summed E-state index contributed by atoms with van der Waals surface area (Å²) in [6.45, 7) is 3.52. The molecule has 1 aromatic heterocycles. The zero-order valence-corrected chi connectivity index (χ0v) is 17.0. The van der Waals surface area contributed by atoms with Crippen molar-refractivity contribution in [2.24, 2.45) is 0 Å². The Labute approximate surface area is 172 Å². The Balaban J connectivity index is 1.49. The van der Waals surface area contributed by atoms with Crippen LogP contribution in [-0.2, 0) is 9.53 Å². The zero-order valence-electron chi connectivity index (χ0n) is 15.4. The highest BCUT2D eigenvalue weighted by molar-refractivity contribution is 7.17. The normalized spacial score (nSPS) is 15.4. The lowest BCUT2D eigenvalue weighted by Gasteiger charge is -2.28. The predicted octanol–water partition coefficient (Wildman–Crippen LogP) is 2.28. The minimum absolute atomic E-state index is 0.0479. The highest BCUT2D eigenvalue weighted by Crippen LogP contribution is 2.25. The number of aliphatic hydroxyl groups excluding tert-OH is 1. The fourth-order valence-electron chi connectivity index (χ4n) is 2.88. The van der Waals surface area contributed by atoms with Crippen LogP contribution in [0.4, 0.5) is 11.4 Å². The SMILES string of the molecule is Cc1cc(NC[C@H](O)CNC(=O)c2ccc(Cl)s2)ccc1N1CCOCC1=O. The Morgan fingerprint density at radius 3 is 2.86 bits per heavy atom. The Hall–Kier alpha value is -2.13. The van der Waals surface area contributed by atoms with Crippen LogP contribution in [0.5, 0.6) is 0 Å². The van der Waals surface area contributed by atoms with Crippen LogP contribution in [0.1, 0.15) is 15.2 Å². The number of carbonyl (C=O) groups is 2. The van der Waals surface area contributed by atoms with Gasteiger partial charge in [0.15, 0.2) is 0 Å². The minimum atomic E-state index is -0.750. The summed E-state index contributed by atoms with van der Waals surface area (Å²) in [6.07, 6.45) is -0.750. The molecule has 0 aliphatic carbocycles. The van der Waals surface area contributed by atoms with Crippen molar-refractivity contribution in [3.8, 4) is 0 Å². The molecule has 0 radical (unpaired) electrons. The molecule has 3 N–H and O–H groups in total. The van der Waals surface area contributed by atoms with Gasteiger partial charge in [-0.05, 0) is 42.8 Å². The van der Waals surface area contributed by atoms with Crippen molar-refractivity contribution in [3.05, 3.63) is 45.1 Å². The van der Waals surface area contributed by atoms with E-state index in [1.807, 2.05) is 25.1 Å². The highest BCUT2D eigenvalue weighted by atomic mass is 35.5. The average Bonchev–Trinajstić information content (AvgIpc) is 3.12. The van der Waals surface area contributed by atoms with E-state index in [1.54, 1.807) is 17.0 Å². The van der Waals surface area contributed by atoms with Crippen LogP contribution < -0.4 is 15.5 Å². The lowest BCUT2D eigenvalue weighted by atomic mass is 10.1. The Morgan fingerprint density at radius 1 is 1.36 bits per heavy atom. The van der Waals surface area contributed by atoms with E-state index in [0.29, 0.717) is 22.4 Å². The van der Waals surface area contributed by atoms with Gasteiger partial charge in [-0.1, -0.05) is 11.6 Å². The van der Waals surface area contributed by atoms with Gasteiger partial charge in [-0.15, -0.1) is 11.3 Å². The van der Waals surface area contributed by atoms with Crippen LogP contribution in [-0.4, -0.2) is 55.9 Å². The number of nitrogens with zero attached hydrogens (tertiary/aromatic N) is 1. The number of aryl methyl sites for hydroxylation is 1. The molecule has 1 aromatic carbocycles. The number of rotatable bonds is 7. The summed E-state index contributed by atoms with van der Waals surface area (Å²) in [5.74, 6) is -0.306. The maximum absolute atomic E-state index is 12.0. The molecule has 2 amide bonds. The van der Waals surface area contributed by atoms with Crippen LogP contribution in [0.2, 0.25) is 4.34 Å². The maximum Gasteiger partial charge on any atom is 0.261 e. The number of morpholine rings is 1. The quantitative estimate of drug-likeness (QED) is 0.635. The summed E-state index contributed by atoms with van der Waals surface area (Å²) < 4.78 is 5.71. The second-order valence-corrected chi connectivity index (χ2v) is 8.16. The zero-order chi connectivity index (χ0) is 20.1. The number of amides is 2. The molecule has 2 aromatic rings. The van der Waals surface area contributed by atoms with Crippen molar-refractivity contribution in [3.63, 3.8) is 0 Å². The molecule has 150 valence electrons. The van der Waals surface area contributed by atoms with Gasteiger partial charge in [-0.25, -0.2) is 0 Å². The Bertz CT molecular complexity index is 857. The third kappa shape index (κ3) is 5.23. The summed E-state index contributed by atoms with van der Waals surface area (Å²) >= 11 is 7.01. The Morgan fingerprint density at radius 2 is 2.18 bits per heavy atom. The van der Waals surface area contributed by atoms with Gasteiger partial charge in [-0.2, -0.15) is 0 Å². The number of ether oxygens (including phenoxy) is 1. The van der Waals surface area contributed by atoms with Crippen LogP contribution in [0.25, 0.3) is 0 Å². The molecule has 3 rings (SSSR count). The minimum Gasteiger partial charge on any atom is -0.389 e. The van der Waals surface area contributed by atoms with Gasteiger partial charge in [0.05, 0.1) is 21.9 Å². The molecule has 0 bridgehead atoms. The number of anilines is 2. The molecular weight excluding hydrogens is 402 g/mol. The average molecular weight is 424 g/mol. The summed E-state index contributed by atoms with van der Waals surface area (Å²) in [6, 6.07) is 8.99. The number of nitrogens with one attached hydrogen (secondary N) is 2. The predicted molar refractivity (Wildman–Crippen MR) is 111 cm³/mol. The molecule has 1 aliphatic rings. The lowest BCUT2D eigenvalue weighted by molar-refractivity contribution is -0.125. The molecule has 1 fully saturated rings. The summed E-state index contributed by atoms with van der Waals surface area (Å²) in [5, 5.41) is 15.9.